The summed E-state index contributed by atoms with van der Waals surface area (Å²) < 4.78 is 0. The Morgan fingerprint density at radius 1 is 0.667 bits per heavy atom. The van der Waals surface area contributed by atoms with Crippen molar-refractivity contribution in [2.45, 2.75) is 99.3 Å². The van der Waals surface area contributed by atoms with Gasteiger partial charge in [-0.15, -0.1) is 6.58 Å². The second-order valence-electron chi connectivity index (χ2n) is 11.8. The van der Waals surface area contributed by atoms with E-state index in [9.17, 15) is 0 Å². The van der Waals surface area contributed by atoms with Crippen molar-refractivity contribution in [3.63, 3.8) is 0 Å². The smallest absolute Gasteiger partial charge is 1.00 e. The molecule has 1 aromatic heterocycles. The molecule has 3 rings (SSSR count). The molecule has 0 spiro atoms. The van der Waals surface area contributed by atoms with Crippen molar-refractivity contribution in [2.75, 3.05) is 0 Å². The maximum absolute atomic E-state index is 5.25. The van der Waals surface area contributed by atoms with E-state index in [1.165, 1.54) is 27.8 Å². The van der Waals surface area contributed by atoms with Crippen LogP contribution in [0, 0.1) is 0 Å². The van der Waals surface area contributed by atoms with E-state index in [0.29, 0.717) is 23.7 Å². The van der Waals surface area contributed by atoms with Gasteiger partial charge >= 0.3 is 16.8 Å². The topological polar surface area (TPSA) is 37.6 Å². The molecule has 0 N–H and O–H groups in total. The van der Waals surface area contributed by atoms with Crippen LogP contribution in [0.2, 0.25) is 0 Å². The summed E-state index contributed by atoms with van der Waals surface area (Å²) in [6, 6.07) is 17.2. The molecule has 42 heavy (non-hydrogen) atoms. The minimum atomic E-state index is 0. The molecule has 0 saturated heterocycles. The van der Waals surface area contributed by atoms with E-state index in [2.05, 4.69) is 118 Å². The molecule has 0 aliphatic carbocycles. The van der Waals surface area contributed by atoms with Crippen LogP contribution in [-0.4, -0.2) is 16.4 Å². The first kappa shape index (κ1) is 39.8. The van der Waals surface area contributed by atoms with Gasteiger partial charge in [0.05, 0.1) is 34.2 Å². The molecule has 0 amide bonds. The van der Waals surface area contributed by atoms with Gasteiger partial charge in [0, 0.05) is 0 Å². The van der Waals surface area contributed by atoms with E-state index in [1.807, 2.05) is 12.1 Å². The Morgan fingerprint density at radius 2 is 1.10 bits per heavy atom. The zero-order valence-electron chi connectivity index (χ0n) is 26.9. The predicted octanol–water partition coefficient (Wildman–Crippen LogP) is 4.59. The van der Waals surface area contributed by atoms with E-state index >= 15 is 0 Å². The van der Waals surface area contributed by atoms with Crippen molar-refractivity contribution in [3.05, 3.63) is 100 Å². The fourth-order valence-corrected chi connectivity index (χ4v) is 5.16. The Hall–Kier alpha value is -2.24. The number of nitrogens with zero attached hydrogens (tertiary/aromatic N) is 3. The monoisotopic (exact) mass is 650 g/mol. The first-order valence-electron chi connectivity index (χ1n) is 14.4. The summed E-state index contributed by atoms with van der Waals surface area (Å²) in [6.07, 6.45) is 2.82. The number of benzene rings is 2. The molecular formula is C36H47Cl2CoN3. The molecule has 6 heteroatoms. The van der Waals surface area contributed by atoms with E-state index in [1.54, 1.807) is 0 Å². The molecule has 3 nitrogen and oxygen atoms in total. The van der Waals surface area contributed by atoms with E-state index < -0.39 is 0 Å². The van der Waals surface area contributed by atoms with E-state index in [-0.39, 0.29) is 41.6 Å². The number of para-hydroxylation sites is 1. The molecule has 1 radical (unpaired) electrons. The summed E-state index contributed by atoms with van der Waals surface area (Å²) in [5.74, 6) is 1.52. The van der Waals surface area contributed by atoms with Crippen molar-refractivity contribution in [1.29, 1.82) is 0 Å². The molecule has 0 aliphatic heterocycles. The minimum absolute atomic E-state index is 0. The molecular weight excluding hydrogens is 604 g/mol. The summed E-state index contributed by atoms with van der Waals surface area (Å²) in [4.78, 5) is 15.5. The third kappa shape index (κ3) is 9.38. The van der Waals surface area contributed by atoms with Gasteiger partial charge in [-0.25, -0.2) is 4.98 Å². The van der Waals surface area contributed by atoms with Crippen LogP contribution in [0.15, 0.2) is 71.2 Å². The molecule has 1 heterocycles. The number of rotatable bonds is 10. The van der Waals surface area contributed by atoms with Crippen LogP contribution in [0.4, 0.5) is 11.4 Å². The van der Waals surface area contributed by atoms with Gasteiger partial charge in [-0.2, -0.15) is 0 Å². The van der Waals surface area contributed by atoms with Gasteiger partial charge in [-0.1, -0.05) is 97.9 Å². The third-order valence-corrected chi connectivity index (χ3v) is 7.29. The van der Waals surface area contributed by atoms with Crippen LogP contribution < -0.4 is 24.8 Å². The molecule has 0 atom stereocenters. The Bertz CT molecular complexity index is 1360. The second-order valence-corrected chi connectivity index (χ2v) is 11.8. The molecule has 0 bridgehead atoms. The van der Waals surface area contributed by atoms with Crippen molar-refractivity contribution in [3.8, 4) is 0 Å². The third-order valence-electron chi connectivity index (χ3n) is 7.29. The summed E-state index contributed by atoms with van der Waals surface area (Å²) in [5, 5.41) is 0. The van der Waals surface area contributed by atoms with Crippen LogP contribution in [-0.2, 0) is 23.2 Å². The normalized spacial score (nSPS) is 11.9. The average molecular weight is 652 g/mol. The van der Waals surface area contributed by atoms with Gasteiger partial charge in [0.2, 0.25) is 0 Å². The fourth-order valence-electron chi connectivity index (χ4n) is 5.16. The number of hydrogen-bond acceptors (Lipinski definition) is 3. The minimum Gasteiger partial charge on any atom is -1.00 e. The van der Waals surface area contributed by atoms with Crippen molar-refractivity contribution >= 4 is 22.8 Å². The SMILES string of the molecule is C=CCc1ccc(C(C)C)c(N=C(C)c2cccc(C(C)=Nc3c(C(C)C)cccc3C(C)C)n2)c1C(C)C.[Cl-].[Cl-].[Co+2]. The van der Waals surface area contributed by atoms with E-state index in [0.717, 1.165) is 40.6 Å². The van der Waals surface area contributed by atoms with Gasteiger partial charge in [0.25, 0.3) is 0 Å². The number of hydrogen-bond donors (Lipinski definition) is 0. The van der Waals surface area contributed by atoms with Crippen molar-refractivity contribution in [2.24, 2.45) is 9.98 Å². The standard InChI is InChI=1S/C36H47N3.2ClH.Co/c1-12-15-28-20-21-31(24(6)7)36(34(28)25(8)9)38-27(11)33-19-14-18-32(39-33)26(10)37-35-29(22(2)3)16-13-17-30(35)23(4)5;;;/h12-14,16-25H,1,15H2,2-11H3;2*1H;/q;;;+2/p-2. The van der Waals surface area contributed by atoms with Crippen molar-refractivity contribution < 1.29 is 41.6 Å². The van der Waals surface area contributed by atoms with Crippen molar-refractivity contribution in [1.82, 2.24) is 4.98 Å². The average Bonchev–Trinajstić information content (AvgIpc) is 2.88. The summed E-state index contributed by atoms with van der Waals surface area (Å²) in [5.41, 5.74) is 12.2. The Morgan fingerprint density at radius 3 is 1.52 bits per heavy atom. The maximum atomic E-state index is 5.25. The zero-order valence-corrected chi connectivity index (χ0v) is 29.4. The number of halogens is 2. The molecule has 229 valence electrons. The number of pyridine rings is 1. The zero-order chi connectivity index (χ0) is 28.9. The fraction of sp³-hybridized carbons (Fsp3) is 0.417. The van der Waals surface area contributed by atoms with Gasteiger partial charge in [-0.3, -0.25) is 9.98 Å². The first-order chi connectivity index (χ1) is 18.5. The van der Waals surface area contributed by atoms with Crippen LogP contribution in [0.5, 0.6) is 0 Å². The number of aliphatic imine (C=N–C) groups is 2. The molecule has 0 fully saturated rings. The molecule has 3 aromatic rings. The van der Waals surface area contributed by atoms with Crippen LogP contribution in [0.25, 0.3) is 0 Å². The van der Waals surface area contributed by atoms with E-state index in [4.69, 9.17) is 15.0 Å². The predicted molar refractivity (Wildman–Crippen MR) is 171 cm³/mol. The number of allylic oxidation sites excluding steroid dienone is 1. The Balaban J connectivity index is 0.00000560. The molecule has 2 aromatic carbocycles. The van der Waals surface area contributed by atoms with Gasteiger partial charge in [0.15, 0.2) is 0 Å². The van der Waals surface area contributed by atoms with Gasteiger partial charge < -0.3 is 24.8 Å². The Labute approximate surface area is 277 Å². The summed E-state index contributed by atoms with van der Waals surface area (Å²) >= 11 is 0. The van der Waals surface area contributed by atoms with Crippen LogP contribution in [0.3, 0.4) is 0 Å². The van der Waals surface area contributed by atoms with Gasteiger partial charge in [-0.05, 0) is 83.9 Å². The molecule has 0 saturated carbocycles. The van der Waals surface area contributed by atoms with Crippen LogP contribution >= 0.6 is 0 Å². The summed E-state index contributed by atoms with van der Waals surface area (Å²) in [6.45, 7) is 26.0. The maximum Gasteiger partial charge on any atom is 2.00 e. The second kappa shape index (κ2) is 17.8. The Kier molecular flexibility index (Phi) is 16.8. The summed E-state index contributed by atoms with van der Waals surface area (Å²) in [7, 11) is 0. The largest absolute Gasteiger partial charge is 2.00 e. The quantitative estimate of drug-likeness (QED) is 0.234. The molecule has 0 unspecified atom stereocenters. The van der Waals surface area contributed by atoms with Crippen LogP contribution in [0.1, 0.15) is 132 Å². The first-order valence-corrected chi connectivity index (χ1v) is 14.4. The molecule has 0 aliphatic rings. The van der Waals surface area contributed by atoms with Gasteiger partial charge in [0.1, 0.15) is 0 Å². The number of aromatic nitrogens is 1.